The lowest BCUT2D eigenvalue weighted by Gasteiger charge is -2.44. The van der Waals surface area contributed by atoms with E-state index in [9.17, 15) is 8.78 Å². The predicted molar refractivity (Wildman–Crippen MR) is 79.4 cm³/mol. The molecule has 3 rings (SSSR count). The van der Waals surface area contributed by atoms with E-state index >= 15 is 0 Å². The van der Waals surface area contributed by atoms with Gasteiger partial charge in [-0.3, -0.25) is 4.90 Å². The van der Waals surface area contributed by atoms with E-state index in [1.54, 1.807) is 0 Å². The smallest absolute Gasteiger partial charge is 0.144 e. The van der Waals surface area contributed by atoms with E-state index < -0.39 is 11.6 Å². The summed E-state index contributed by atoms with van der Waals surface area (Å²) in [5, 5.41) is 0. The van der Waals surface area contributed by atoms with Crippen LogP contribution in [0.1, 0.15) is 44.1 Å². The normalized spacial score (nSPS) is 27.4. The van der Waals surface area contributed by atoms with Crippen LogP contribution in [0.4, 0.5) is 8.78 Å². The zero-order valence-corrected chi connectivity index (χ0v) is 13.1. The molecule has 0 radical (unpaired) electrons. The van der Waals surface area contributed by atoms with Crippen LogP contribution in [0.2, 0.25) is 0 Å². The van der Waals surface area contributed by atoms with Gasteiger partial charge in [-0.1, -0.05) is 12.8 Å². The molecule has 2 fully saturated rings. The number of fused-ring (bicyclic) bond motifs is 1. The Hall–Kier alpha value is -0.480. The van der Waals surface area contributed by atoms with Crippen LogP contribution < -0.4 is 0 Å². The van der Waals surface area contributed by atoms with Crippen LogP contribution in [-0.2, 0) is 6.54 Å². The Morgan fingerprint density at radius 1 is 1.10 bits per heavy atom. The molecule has 1 heterocycles. The highest BCUT2D eigenvalue weighted by Crippen LogP contribution is 2.36. The minimum atomic E-state index is -0.442. The van der Waals surface area contributed by atoms with Crippen molar-refractivity contribution in [1.29, 1.82) is 0 Å². The van der Waals surface area contributed by atoms with Gasteiger partial charge < -0.3 is 0 Å². The van der Waals surface area contributed by atoms with Crippen molar-refractivity contribution in [2.45, 2.75) is 51.1 Å². The van der Waals surface area contributed by atoms with E-state index in [4.69, 9.17) is 0 Å². The Morgan fingerprint density at radius 3 is 2.70 bits per heavy atom. The van der Waals surface area contributed by atoms with Crippen molar-refractivity contribution in [2.24, 2.45) is 5.92 Å². The van der Waals surface area contributed by atoms with E-state index in [1.807, 2.05) is 0 Å². The second-order valence-electron chi connectivity index (χ2n) is 6.05. The van der Waals surface area contributed by atoms with Crippen molar-refractivity contribution in [3.8, 4) is 0 Å². The summed E-state index contributed by atoms with van der Waals surface area (Å²) in [7, 11) is 0. The average molecular weight is 344 g/mol. The molecule has 1 nitrogen and oxygen atoms in total. The Labute approximate surface area is 127 Å². The maximum atomic E-state index is 14.1. The topological polar surface area (TPSA) is 3.24 Å². The molecule has 0 spiro atoms. The molecule has 4 heteroatoms. The first-order valence-corrected chi connectivity index (χ1v) is 8.32. The maximum Gasteiger partial charge on any atom is 0.144 e. The predicted octanol–water partition coefficient (Wildman–Crippen LogP) is 4.88. The number of piperidine rings is 1. The van der Waals surface area contributed by atoms with Gasteiger partial charge in [0.1, 0.15) is 11.6 Å². The highest BCUT2D eigenvalue weighted by Gasteiger charge is 2.33. The Kier molecular flexibility index (Phi) is 4.41. The molecule has 0 aromatic heterocycles. The van der Waals surface area contributed by atoms with Gasteiger partial charge in [-0.15, -0.1) is 0 Å². The van der Waals surface area contributed by atoms with E-state index in [1.165, 1.54) is 44.2 Å². The first-order valence-electron chi connectivity index (χ1n) is 7.53. The molecule has 1 saturated carbocycles. The second-order valence-corrected chi connectivity index (χ2v) is 6.90. The number of halogens is 3. The minimum absolute atomic E-state index is 0.214. The van der Waals surface area contributed by atoms with Gasteiger partial charge in [0, 0.05) is 18.2 Å². The molecule has 1 aromatic rings. The van der Waals surface area contributed by atoms with Crippen molar-refractivity contribution >= 4 is 15.9 Å². The van der Waals surface area contributed by atoms with Crippen molar-refractivity contribution in [1.82, 2.24) is 4.90 Å². The van der Waals surface area contributed by atoms with Gasteiger partial charge in [-0.05, 0) is 66.2 Å². The number of likely N-dealkylation sites (tertiary alicyclic amines) is 1. The first kappa shape index (κ1) is 14.5. The van der Waals surface area contributed by atoms with Crippen molar-refractivity contribution in [2.75, 3.05) is 6.54 Å². The molecule has 20 heavy (non-hydrogen) atoms. The largest absolute Gasteiger partial charge is 0.296 e. The lowest BCUT2D eigenvalue weighted by atomic mass is 9.78. The first-order chi connectivity index (χ1) is 9.66. The molecule has 1 saturated heterocycles. The van der Waals surface area contributed by atoms with E-state index in [-0.39, 0.29) is 5.56 Å². The average Bonchev–Trinajstić information content (AvgIpc) is 2.48. The fourth-order valence-corrected chi connectivity index (χ4v) is 4.21. The Morgan fingerprint density at radius 2 is 1.85 bits per heavy atom. The van der Waals surface area contributed by atoms with Crippen LogP contribution in [0.25, 0.3) is 0 Å². The molecule has 1 aromatic carbocycles. The van der Waals surface area contributed by atoms with Crippen LogP contribution in [-0.4, -0.2) is 17.5 Å². The highest BCUT2D eigenvalue weighted by molar-refractivity contribution is 9.10. The summed E-state index contributed by atoms with van der Waals surface area (Å²) in [6.45, 7) is 1.37. The molecule has 0 unspecified atom stereocenters. The van der Waals surface area contributed by atoms with E-state index in [0.29, 0.717) is 17.1 Å². The fourth-order valence-electron chi connectivity index (χ4n) is 3.84. The third-order valence-corrected chi connectivity index (χ3v) is 5.47. The van der Waals surface area contributed by atoms with Gasteiger partial charge in [0.05, 0.1) is 4.47 Å². The molecule has 0 bridgehead atoms. The molecule has 2 atom stereocenters. The van der Waals surface area contributed by atoms with Gasteiger partial charge >= 0.3 is 0 Å². The summed E-state index contributed by atoms with van der Waals surface area (Å²) in [6, 6.07) is 3.31. The fraction of sp³-hybridized carbons (Fsp3) is 0.625. The second kappa shape index (κ2) is 6.10. The molecule has 0 amide bonds. The number of hydrogen-bond acceptors (Lipinski definition) is 1. The van der Waals surface area contributed by atoms with Gasteiger partial charge in [-0.25, -0.2) is 8.78 Å². The SMILES string of the molecule is Fc1ccc(Br)c(F)c1CN1CCC[C@H]2CCCC[C@H]21. The van der Waals surface area contributed by atoms with Crippen LogP contribution in [0.3, 0.4) is 0 Å². The number of benzene rings is 1. The van der Waals surface area contributed by atoms with E-state index in [0.717, 1.165) is 18.9 Å². The third kappa shape index (κ3) is 2.77. The molecule has 1 aliphatic carbocycles. The zero-order chi connectivity index (χ0) is 14.1. The molecule has 1 aliphatic heterocycles. The van der Waals surface area contributed by atoms with Crippen LogP contribution in [0, 0.1) is 17.6 Å². The van der Waals surface area contributed by atoms with Gasteiger partial charge in [0.2, 0.25) is 0 Å². The number of nitrogens with zero attached hydrogens (tertiary/aromatic N) is 1. The third-order valence-electron chi connectivity index (χ3n) is 4.86. The summed E-state index contributed by atoms with van der Waals surface area (Å²) in [6.07, 6.45) is 7.46. The monoisotopic (exact) mass is 343 g/mol. The minimum Gasteiger partial charge on any atom is -0.296 e. The number of rotatable bonds is 2. The van der Waals surface area contributed by atoms with Crippen LogP contribution >= 0.6 is 15.9 Å². The van der Waals surface area contributed by atoms with Crippen molar-refractivity contribution < 1.29 is 8.78 Å². The maximum absolute atomic E-state index is 14.1. The van der Waals surface area contributed by atoms with Crippen LogP contribution in [0.15, 0.2) is 16.6 Å². The van der Waals surface area contributed by atoms with Crippen molar-refractivity contribution in [3.05, 3.63) is 33.8 Å². The summed E-state index contributed by atoms with van der Waals surface area (Å²) in [5.74, 6) is -0.137. The summed E-state index contributed by atoms with van der Waals surface area (Å²) in [5.41, 5.74) is 0.214. The zero-order valence-electron chi connectivity index (χ0n) is 11.5. The van der Waals surface area contributed by atoms with Crippen molar-refractivity contribution in [3.63, 3.8) is 0 Å². The Balaban J connectivity index is 1.81. The van der Waals surface area contributed by atoms with Gasteiger partial charge in [0.15, 0.2) is 0 Å². The molecular weight excluding hydrogens is 324 g/mol. The molecule has 0 N–H and O–H groups in total. The molecule has 110 valence electrons. The Bertz CT molecular complexity index is 490. The van der Waals surface area contributed by atoms with Crippen LogP contribution in [0.5, 0.6) is 0 Å². The summed E-state index contributed by atoms with van der Waals surface area (Å²) >= 11 is 3.15. The van der Waals surface area contributed by atoms with Gasteiger partial charge in [0.25, 0.3) is 0 Å². The standard InChI is InChI=1S/C16H20BrF2N/c17-13-7-8-14(18)12(16(13)19)10-20-9-3-5-11-4-1-2-6-15(11)20/h7-8,11,15H,1-6,9-10H2/t11-,15-/m1/s1. The van der Waals surface area contributed by atoms with E-state index in [2.05, 4.69) is 20.8 Å². The quantitative estimate of drug-likeness (QED) is 0.691. The lowest BCUT2D eigenvalue weighted by molar-refractivity contribution is 0.0529. The van der Waals surface area contributed by atoms with Gasteiger partial charge in [-0.2, -0.15) is 0 Å². The summed E-state index contributed by atoms with van der Waals surface area (Å²) in [4.78, 5) is 2.31. The molecular formula is C16H20BrF2N. The highest BCUT2D eigenvalue weighted by atomic mass is 79.9. The lowest BCUT2D eigenvalue weighted by Crippen LogP contribution is -2.46. The summed E-state index contributed by atoms with van der Waals surface area (Å²) < 4.78 is 28.4. The number of hydrogen-bond donors (Lipinski definition) is 0. The molecule has 2 aliphatic rings.